The van der Waals surface area contributed by atoms with Crippen LogP contribution in [-0.4, -0.2) is 51.3 Å². The maximum atomic E-state index is 12.4. The average molecular weight is 354 g/mol. The normalized spacial score (nSPS) is 15.6. The van der Waals surface area contributed by atoms with Gasteiger partial charge in [-0.15, -0.1) is 11.3 Å². The molecule has 0 N–H and O–H groups in total. The second-order valence-corrected chi connectivity index (χ2v) is 7.01. The fourth-order valence-corrected chi connectivity index (χ4v) is 3.77. The molecular weight excluding hydrogens is 336 g/mol. The van der Waals surface area contributed by atoms with Crippen molar-refractivity contribution in [2.24, 2.45) is 0 Å². The molecule has 0 aliphatic carbocycles. The summed E-state index contributed by atoms with van der Waals surface area (Å²) in [5.74, 6) is 0.108. The Balaban J connectivity index is 1.42. The van der Waals surface area contributed by atoms with Crippen LogP contribution in [0.25, 0.3) is 5.65 Å². The summed E-state index contributed by atoms with van der Waals surface area (Å²) in [6.45, 7) is 3.59. The summed E-state index contributed by atoms with van der Waals surface area (Å²) >= 11 is 1.48. The highest BCUT2D eigenvalue weighted by Crippen LogP contribution is 2.14. The Morgan fingerprint density at radius 2 is 1.96 bits per heavy atom. The molecule has 25 heavy (non-hydrogen) atoms. The number of pyridine rings is 1. The number of nitrogens with zero attached hydrogens (tertiary/aromatic N) is 4. The number of carbonyl (C=O) groups is 1. The zero-order chi connectivity index (χ0) is 17.2. The monoisotopic (exact) mass is 354 g/mol. The van der Waals surface area contributed by atoms with Crippen LogP contribution in [-0.2, 0) is 6.54 Å². The molecular formula is C18H18N4O2S. The van der Waals surface area contributed by atoms with Crippen LogP contribution in [0, 0.1) is 0 Å². The minimum Gasteiger partial charge on any atom is -0.335 e. The van der Waals surface area contributed by atoms with Crippen molar-refractivity contribution in [2.45, 2.75) is 6.54 Å². The van der Waals surface area contributed by atoms with Gasteiger partial charge in [0.05, 0.1) is 10.6 Å². The van der Waals surface area contributed by atoms with Crippen molar-refractivity contribution >= 4 is 22.9 Å². The molecule has 4 rings (SSSR count). The van der Waals surface area contributed by atoms with Crippen LogP contribution in [0.1, 0.15) is 15.4 Å². The van der Waals surface area contributed by atoms with Gasteiger partial charge in [0.15, 0.2) is 0 Å². The molecule has 0 spiro atoms. The summed E-state index contributed by atoms with van der Waals surface area (Å²) in [6, 6.07) is 10.9. The Bertz CT molecular complexity index is 943. The SMILES string of the molecule is O=C(c1cccs1)N1CCN(Cc2cc(=O)n3ccccc3n2)CC1. The lowest BCUT2D eigenvalue weighted by molar-refractivity contribution is 0.0632. The molecule has 1 aliphatic heterocycles. The van der Waals surface area contributed by atoms with E-state index in [-0.39, 0.29) is 11.5 Å². The smallest absolute Gasteiger partial charge is 0.264 e. The third-order valence-electron chi connectivity index (χ3n) is 4.40. The maximum absolute atomic E-state index is 12.4. The molecule has 3 aromatic rings. The second kappa shape index (κ2) is 6.78. The lowest BCUT2D eigenvalue weighted by Gasteiger charge is -2.34. The average Bonchev–Trinajstić information content (AvgIpc) is 3.16. The number of carbonyl (C=O) groups excluding carboxylic acids is 1. The zero-order valence-corrected chi connectivity index (χ0v) is 14.5. The summed E-state index contributed by atoms with van der Waals surface area (Å²) in [4.78, 5) is 34.0. The van der Waals surface area contributed by atoms with Crippen molar-refractivity contribution < 1.29 is 4.79 Å². The van der Waals surface area contributed by atoms with Crippen molar-refractivity contribution in [1.82, 2.24) is 19.2 Å². The van der Waals surface area contributed by atoms with Crippen molar-refractivity contribution in [3.05, 3.63) is 68.9 Å². The van der Waals surface area contributed by atoms with Crippen LogP contribution < -0.4 is 5.56 Å². The molecule has 128 valence electrons. The topological polar surface area (TPSA) is 57.9 Å². The van der Waals surface area contributed by atoms with Crippen LogP contribution >= 0.6 is 11.3 Å². The van der Waals surface area contributed by atoms with Gasteiger partial charge in [0.25, 0.3) is 11.5 Å². The highest BCUT2D eigenvalue weighted by molar-refractivity contribution is 7.12. The molecule has 0 bridgehead atoms. The fraction of sp³-hybridized carbons (Fsp3) is 0.278. The molecule has 0 atom stereocenters. The number of thiophene rings is 1. The van der Waals surface area contributed by atoms with Gasteiger partial charge >= 0.3 is 0 Å². The van der Waals surface area contributed by atoms with Crippen molar-refractivity contribution in [1.29, 1.82) is 0 Å². The van der Waals surface area contributed by atoms with Gasteiger partial charge in [-0.05, 0) is 23.6 Å². The standard InChI is InChI=1S/C18H18N4O2S/c23-17-12-14(19-16-5-1-2-6-22(16)17)13-20-7-9-21(10-8-20)18(24)15-4-3-11-25-15/h1-6,11-12H,7-10,13H2. The first kappa shape index (κ1) is 16.0. The third-order valence-corrected chi connectivity index (χ3v) is 5.26. The van der Waals surface area contributed by atoms with E-state index < -0.39 is 0 Å². The molecule has 0 saturated carbocycles. The molecule has 0 unspecified atom stereocenters. The lowest BCUT2D eigenvalue weighted by atomic mass is 10.2. The Labute approximate surface area is 149 Å². The van der Waals surface area contributed by atoms with E-state index in [9.17, 15) is 9.59 Å². The van der Waals surface area contributed by atoms with Gasteiger partial charge in [-0.1, -0.05) is 12.1 Å². The molecule has 7 heteroatoms. The second-order valence-electron chi connectivity index (χ2n) is 6.06. The van der Waals surface area contributed by atoms with E-state index >= 15 is 0 Å². The van der Waals surface area contributed by atoms with Gasteiger partial charge in [0.1, 0.15) is 5.65 Å². The van der Waals surface area contributed by atoms with Gasteiger partial charge in [-0.25, -0.2) is 4.98 Å². The van der Waals surface area contributed by atoms with Gasteiger partial charge in [0, 0.05) is 45.0 Å². The lowest BCUT2D eigenvalue weighted by Crippen LogP contribution is -2.48. The van der Waals surface area contributed by atoms with E-state index in [1.807, 2.05) is 40.6 Å². The van der Waals surface area contributed by atoms with Crippen LogP contribution in [0.5, 0.6) is 0 Å². The Morgan fingerprint density at radius 1 is 1.12 bits per heavy atom. The van der Waals surface area contributed by atoms with E-state index in [0.29, 0.717) is 25.3 Å². The number of piperazine rings is 1. The van der Waals surface area contributed by atoms with E-state index in [0.717, 1.165) is 23.7 Å². The third kappa shape index (κ3) is 3.33. The van der Waals surface area contributed by atoms with Gasteiger partial charge in [-0.3, -0.25) is 18.9 Å². The summed E-state index contributed by atoms with van der Waals surface area (Å²) in [5, 5.41) is 1.92. The van der Waals surface area contributed by atoms with Crippen LogP contribution in [0.3, 0.4) is 0 Å². The largest absolute Gasteiger partial charge is 0.335 e. The van der Waals surface area contributed by atoms with Crippen molar-refractivity contribution in [2.75, 3.05) is 26.2 Å². The molecule has 1 saturated heterocycles. The Morgan fingerprint density at radius 3 is 2.72 bits per heavy atom. The predicted octanol–water partition coefficient (Wildman–Crippen LogP) is 1.71. The minimum absolute atomic E-state index is 0.0629. The van der Waals surface area contributed by atoms with Gasteiger partial charge < -0.3 is 4.90 Å². The number of hydrogen-bond acceptors (Lipinski definition) is 5. The number of fused-ring (bicyclic) bond motifs is 1. The number of amides is 1. The van der Waals surface area contributed by atoms with Crippen LogP contribution in [0.2, 0.25) is 0 Å². The molecule has 3 aromatic heterocycles. The highest BCUT2D eigenvalue weighted by Gasteiger charge is 2.23. The Hall–Kier alpha value is -2.51. The van der Waals surface area contributed by atoms with E-state index in [2.05, 4.69) is 9.88 Å². The number of hydrogen-bond donors (Lipinski definition) is 0. The number of rotatable bonds is 3. The Kier molecular flexibility index (Phi) is 4.33. The summed E-state index contributed by atoms with van der Waals surface area (Å²) in [5.41, 5.74) is 1.37. The van der Waals surface area contributed by atoms with E-state index in [1.165, 1.54) is 11.3 Å². The predicted molar refractivity (Wildman–Crippen MR) is 97.0 cm³/mol. The fourth-order valence-electron chi connectivity index (χ4n) is 3.08. The highest BCUT2D eigenvalue weighted by atomic mass is 32.1. The zero-order valence-electron chi connectivity index (χ0n) is 13.7. The number of aromatic nitrogens is 2. The van der Waals surface area contributed by atoms with Crippen LogP contribution in [0.4, 0.5) is 0 Å². The maximum Gasteiger partial charge on any atom is 0.264 e. The molecule has 1 aliphatic rings. The molecule has 0 radical (unpaired) electrons. The first-order valence-corrected chi connectivity index (χ1v) is 9.11. The summed E-state index contributed by atoms with van der Waals surface area (Å²) in [6.07, 6.45) is 1.73. The first-order valence-electron chi connectivity index (χ1n) is 8.23. The molecule has 1 amide bonds. The molecule has 0 aromatic carbocycles. The van der Waals surface area contributed by atoms with Gasteiger partial charge in [-0.2, -0.15) is 0 Å². The van der Waals surface area contributed by atoms with E-state index in [4.69, 9.17) is 0 Å². The first-order chi connectivity index (χ1) is 12.2. The van der Waals surface area contributed by atoms with Crippen LogP contribution in [0.15, 0.2) is 52.8 Å². The van der Waals surface area contributed by atoms with Crippen molar-refractivity contribution in [3.8, 4) is 0 Å². The van der Waals surface area contributed by atoms with Gasteiger partial charge in [0.2, 0.25) is 0 Å². The minimum atomic E-state index is -0.0629. The summed E-state index contributed by atoms with van der Waals surface area (Å²) in [7, 11) is 0. The molecule has 6 nitrogen and oxygen atoms in total. The van der Waals surface area contributed by atoms with E-state index in [1.54, 1.807) is 16.7 Å². The summed E-state index contributed by atoms with van der Waals surface area (Å²) < 4.78 is 1.54. The molecule has 1 fully saturated rings. The molecule has 4 heterocycles. The quantitative estimate of drug-likeness (QED) is 0.719. The van der Waals surface area contributed by atoms with Crippen molar-refractivity contribution in [3.63, 3.8) is 0 Å².